The number of hydrogen-bond acceptors (Lipinski definition) is 4. The predicted molar refractivity (Wildman–Crippen MR) is 115 cm³/mol. The first kappa shape index (κ1) is 21.8. The number of likely N-dealkylation sites (N-methyl/N-ethyl adjacent to an activating group) is 1. The second-order valence-corrected chi connectivity index (χ2v) is 7.09. The molecule has 2 aromatic carbocycles. The molecule has 5 nitrogen and oxygen atoms in total. The van der Waals surface area contributed by atoms with Crippen LogP contribution in [0.25, 0.3) is 0 Å². The average Bonchev–Trinajstić information content (AvgIpc) is 2.73. The molecule has 0 amide bonds. The van der Waals surface area contributed by atoms with Crippen LogP contribution in [0.2, 0.25) is 0 Å². The van der Waals surface area contributed by atoms with Crippen molar-refractivity contribution in [3.8, 4) is 0 Å². The molecule has 0 aromatic heterocycles. The van der Waals surface area contributed by atoms with E-state index in [9.17, 15) is 5.11 Å². The van der Waals surface area contributed by atoms with Gasteiger partial charge in [-0.25, -0.2) is 0 Å². The van der Waals surface area contributed by atoms with Crippen molar-refractivity contribution in [3.05, 3.63) is 54.1 Å². The summed E-state index contributed by atoms with van der Waals surface area (Å²) in [5.41, 5.74) is 3.55. The number of rotatable bonds is 10. The number of aliphatic imine (C=N–C) groups is 1. The zero-order valence-electron chi connectivity index (χ0n) is 17.6. The Balaban J connectivity index is 2.02. The molecule has 0 fully saturated rings. The smallest absolute Gasteiger partial charge is 0.108 e. The number of hydrogen-bond donors (Lipinski definition) is 0. The second kappa shape index (κ2) is 10.7. The summed E-state index contributed by atoms with van der Waals surface area (Å²) in [4.78, 5) is 4.25. The average molecular weight is 381 g/mol. The standard InChI is InChI=1S/C23H32N4O/c1-5-9-19-10-12-21(13-11-19)25-26-22-16-14-20(15-17-22)24-23(28)18-27(6-2,7-3)8-4/h10-17H,5-9,18H2,1-4H3. The first-order valence-corrected chi connectivity index (χ1v) is 10.2. The summed E-state index contributed by atoms with van der Waals surface area (Å²) in [7, 11) is 0. The fourth-order valence-corrected chi connectivity index (χ4v) is 3.20. The number of azo groups is 1. The van der Waals surface area contributed by atoms with Gasteiger partial charge in [-0.1, -0.05) is 25.5 Å². The minimum absolute atomic E-state index is 0.0768. The molecule has 0 radical (unpaired) electrons. The molecule has 0 spiro atoms. The van der Waals surface area contributed by atoms with E-state index >= 15 is 0 Å². The monoisotopic (exact) mass is 380 g/mol. The van der Waals surface area contributed by atoms with Crippen LogP contribution in [0.4, 0.5) is 17.1 Å². The van der Waals surface area contributed by atoms with Crippen molar-refractivity contribution >= 4 is 23.0 Å². The van der Waals surface area contributed by atoms with E-state index in [2.05, 4.69) is 55.0 Å². The third-order valence-electron chi connectivity index (χ3n) is 5.34. The molecule has 0 saturated carbocycles. The van der Waals surface area contributed by atoms with Gasteiger partial charge in [0.25, 0.3) is 0 Å². The van der Waals surface area contributed by atoms with Crippen molar-refractivity contribution in [1.82, 2.24) is 0 Å². The quantitative estimate of drug-likeness (QED) is 0.238. The molecule has 150 valence electrons. The molecule has 0 atom stereocenters. The van der Waals surface area contributed by atoms with Crippen molar-refractivity contribution in [2.24, 2.45) is 15.2 Å². The van der Waals surface area contributed by atoms with Crippen molar-refractivity contribution in [1.29, 1.82) is 0 Å². The van der Waals surface area contributed by atoms with Gasteiger partial charge in [0.1, 0.15) is 6.54 Å². The van der Waals surface area contributed by atoms with E-state index in [1.54, 1.807) is 0 Å². The Hall–Kier alpha value is -2.53. The van der Waals surface area contributed by atoms with Gasteiger partial charge in [0.2, 0.25) is 0 Å². The summed E-state index contributed by atoms with van der Waals surface area (Å²) in [5.74, 6) is -0.0768. The Labute approximate surface area is 169 Å². The summed E-state index contributed by atoms with van der Waals surface area (Å²) in [6.45, 7) is 11.8. The van der Waals surface area contributed by atoms with Gasteiger partial charge in [0, 0.05) is 5.90 Å². The highest BCUT2D eigenvalue weighted by atomic mass is 16.3. The molecule has 2 rings (SSSR count). The predicted octanol–water partition coefficient (Wildman–Crippen LogP) is 5.32. The van der Waals surface area contributed by atoms with Crippen LogP contribution in [0, 0.1) is 0 Å². The maximum atomic E-state index is 12.4. The van der Waals surface area contributed by atoms with E-state index < -0.39 is 0 Å². The molecule has 0 aliphatic heterocycles. The first-order chi connectivity index (χ1) is 13.5. The minimum Gasteiger partial charge on any atom is -0.858 e. The van der Waals surface area contributed by atoms with Gasteiger partial charge < -0.3 is 9.59 Å². The van der Waals surface area contributed by atoms with E-state index in [1.807, 2.05) is 36.4 Å². The molecule has 0 aliphatic rings. The lowest BCUT2D eigenvalue weighted by Gasteiger charge is -2.37. The van der Waals surface area contributed by atoms with Gasteiger partial charge in [0.05, 0.1) is 36.7 Å². The maximum absolute atomic E-state index is 12.4. The largest absolute Gasteiger partial charge is 0.858 e. The van der Waals surface area contributed by atoms with E-state index in [0.717, 1.165) is 48.3 Å². The van der Waals surface area contributed by atoms with E-state index in [0.29, 0.717) is 12.2 Å². The van der Waals surface area contributed by atoms with E-state index in [4.69, 9.17) is 0 Å². The van der Waals surface area contributed by atoms with Crippen molar-refractivity contribution in [3.63, 3.8) is 0 Å². The van der Waals surface area contributed by atoms with Crippen molar-refractivity contribution in [2.75, 3.05) is 26.2 Å². The number of quaternary nitrogens is 1. The van der Waals surface area contributed by atoms with Crippen LogP contribution in [0.3, 0.4) is 0 Å². The summed E-state index contributed by atoms with van der Waals surface area (Å²) in [5, 5.41) is 20.9. The fourth-order valence-electron chi connectivity index (χ4n) is 3.20. The van der Waals surface area contributed by atoms with Gasteiger partial charge in [-0.15, -0.1) is 0 Å². The zero-order chi connectivity index (χ0) is 20.4. The van der Waals surface area contributed by atoms with E-state index in [-0.39, 0.29) is 5.90 Å². The summed E-state index contributed by atoms with van der Waals surface area (Å²) < 4.78 is 0.770. The molecule has 5 heteroatoms. The van der Waals surface area contributed by atoms with Crippen LogP contribution in [0.15, 0.2) is 63.8 Å². The zero-order valence-corrected chi connectivity index (χ0v) is 17.6. The molecule has 0 bridgehead atoms. The normalized spacial score (nSPS) is 12.6. The lowest BCUT2D eigenvalue weighted by molar-refractivity contribution is -0.916. The van der Waals surface area contributed by atoms with Gasteiger partial charge in [0.15, 0.2) is 0 Å². The third-order valence-corrected chi connectivity index (χ3v) is 5.34. The Morgan fingerprint density at radius 1 is 0.750 bits per heavy atom. The van der Waals surface area contributed by atoms with Crippen LogP contribution < -0.4 is 5.11 Å². The van der Waals surface area contributed by atoms with Crippen molar-refractivity contribution in [2.45, 2.75) is 40.5 Å². The molecule has 0 saturated heterocycles. The van der Waals surface area contributed by atoms with Crippen LogP contribution >= 0.6 is 0 Å². The molecular weight excluding hydrogens is 348 g/mol. The molecule has 2 aromatic rings. The lowest BCUT2D eigenvalue weighted by atomic mass is 10.1. The van der Waals surface area contributed by atoms with Crippen molar-refractivity contribution < 1.29 is 9.59 Å². The summed E-state index contributed by atoms with van der Waals surface area (Å²) in [6.07, 6.45) is 2.21. The first-order valence-electron chi connectivity index (χ1n) is 10.2. The highest BCUT2D eigenvalue weighted by molar-refractivity contribution is 5.76. The SMILES string of the molecule is CCCc1ccc(N=Nc2ccc(N=C([O-])C[N+](CC)(CC)CC)cc2)cc1. The van der Waals surface area contributed by atoms with Gasteiger partial charge in [-0.2, -0.15) is 10.2 Å². The molecule has 28 heavy (non-hydrogen) atoms. The Bertz CT molecular complexity index is 767. The van der Waals surface area contributed by atoms with Gasteiger partial charge in [-0.05, 0) is 69.2 Å². The number of nitrogens with zero attached hydrogens (tertiary/aromatic N) is 4. The van der Waals surface area contributed by atoms with Gasteiger partial charge in [-0.3, -0.25) is 4.99 Å². The molecule has 0 N–H and O–H groups in total. The Morgan fingerprint density at radius 3 is 1.68 bits per heavy atom. The summed E-state index contributed by atoms with van der Waals surface area (Å²) in [6, 6.07) is 15.4. The topological polar surface area (TPSA) is 60.1 Å². The van der Waals surface area contributed by atoms with E-state index in [1.165, 1.54) is 5.56 Å². The Kier molecular flexibility index (Phi) is 8.33. The minimum atomic E-state index is -0.0768. The summed E-state index contributed by atoms with van der Waals surface area (Å²) >= 11 is 0. The fraction of sp³-hybridized carbons (Fsp3) is 0.435. The molecule has 0 aliphatic carbocycles. The number of benzene rings is 2. The van der Waals surface area contributed by atoms with Gasteiger partial charge >= 0.3 is 0 Å². The Morgan fingerprint density at radius 2 is 1.21 bits per heavy atom. The highest BCUT2D eigenvalue weighted by Gasteiger charge is 2.19. The second-order valence-electron chi connectivity index (χ2n) is 7.09. The molecule has 0 heterocycles. The third kappa shape index (κ3) is 6.27. The van der Waals surface area contributed by atoms with Crippen LogP contribution in [-0.4, -0.2) is 36.6 Å². The molecular formula is C23H32N4O. The molecule has 0 unspecified atom stereocenters. The van der Waals surface area contributed by atoms with Crippen LogP contribution in [-0.2, 0) is 6.42 Å². The number of aryl methyl sites for hydroxylation is 1. The van der Waals surface area contributed by atoms with Crippen LogP contribution in [0.5, 0.6) is 0 Å². The highest BCUT2D eigenvalue weighted by Crippen LogP contribution is 2.22. The maximum Gasteiger partial charge on any atom is 0.108 e. The van der Waals surface area contributed by atoms with Crippen LogP contribution in [0.1, 0.15) is 39.7 Å². The lowest BCUT2D eigenvalue weighted by Crippen LogP contribution is -2.53.